The standard InChI is InChI=1S/C23H18ClNO6/c24-18-13-17(16-6-2-1-3-7-16)9-10-19(18)29-23(30-21(27)22(28)31-23)20(26)11-8-15-5-4-12-25-14-15/h1-7,9-10,12-14,20,26H,8,11H2/t20-/m1/s1. The van der Waals surface area contributed by atoms with Crippen LogP contribution in [0.1, 0.15) is 12.0 Å². The smallest absolute Gasteiger partial charge is 0.417 e. The van der Waals surface area contributed by atoms with E-state index in [1.807, 2.05) is 36.4 Å². The minimum absolute atomic E-state index is 0.0754. The van der Waals surface area contributed by atoms with Gasteiger partial charge in [0.15, 0.2) is 6.10 Å². The van der Waals surface area contributed by atoms with Crippen LogP contribution in [0.25, 0.3) is 11.1 Å². The van der Waals surface area contributed by atoms with Crippen molar-refractivity contribution < 1.29 is 28.9 Å². The number of rotatable bonds is 7. The van der Waals surface area contributed by atoms with Crippen LogP contribution < -0.4 is 4.74 Å². The fourth-order valence-electron chi connectivity index (χ4n) is 3.18. The summed E-state index contributed by atoms with van der Waals surface area (Å²) in [5.74, 6) is -4.74. The minimum Gasteiger partial charge on any atom is -0.417 e. The van der Waals surface area contributed by atoms with Crippen LogP contribution in [-0.4, -0.2) is 34.1 Å². The number of nitrogens with zero attached hydrogens (tertiary/aromatic N) is 1. The molecule has 0 saturated carbocycles. The number of pyridine rings is 1. The molecule has 1 fully saturated rings. The van der Waals surface area contributed by atoms with Crippen LogP contribution in [0.4, 0.5) is 0 Å². The first-order valence-electron chi connectivity index (χ1n) is 9.54. The van der Waals surface area contributed by atoms with Gasteiger partial charge in [0.05, 0.1) is 5.02 Å². The van der Waals surface area contributed by atoms with Gasteiger partial charge in [-0.25, -0.2) is 9.59 Å². The third-order valence-corrected chi connectivity index (χ3v) is 5.06. The quantitative estimate of drug-likeness (QED) is 0.444. The van der Waals surface area contributed by atoms with Crippen LogP contribution in [0.3, 0.4) is 0 Å². The molecule has 1 N–H and O–H groups in total. The van der Waals surface area contributed by atoms with Crippen LogP contribution in [0.15, 0.2) is 73.1 Å². The molecule has 1 saturated heterocycles. The predicted molar refractivity (Wildman–Crippen MR) is 111 cm³/mol. The van der Waals surface area contributed by atoms with Gasteiger partial charge >= 0.3 is 17.9 Å². The maximum Gasteiger partial charge on any atom is 0.450 e. The summed E-state index contributed by atoms with van der Waals surface area (Å²) in [5.41, 5.74) is 2.63. The molecule has 0 amide bonds. The second-order valence-electron chi connectivity index (χ2n) is 6.91. The summed E-state index contributed by atoms with van der Waals surface area (Å²) in [5, 5.41) is 10.9. The van der Waals surface area contributed by atoms with Crippen molar-refractivity contribution >= 4 is 23.5 Å². The highest BCUT2D eigenvalue weighted by Crippen LogP contribution is 2.37. The van der Waals surface area contributed by atoms with Crippen LogP contribution in [0, 0.1) is 0 Å². The van der Waals surface area contributed by atoms with E-state index in [0.29, 0.717) is 6.42 Å². The van der Waals surface area contributed by atoms with Crippen molar-refractivity contribution in [1.82, 2.24) is 4.98 Å². The maximum absolute atomic E-state index is 11.8. The van der Waals surface area contributed by atoms with Crippen molar-refractivity contribution in [3.05, 3.63) is 83.6 Å². The second kappa shape index (κ2) is 8.75. The van der Waals surface area contributed by atoms with E-state index < -0.39 is 24.0 Å². The molecule has 1 aliphatic heterocycles. The number of carbonyl (C=O) groups excluding carboxylic acids is 2. The number of ether oxygens (including phenoxy) is 3. The Morgan fingerprint density at radius 2 is 1.74 bits per heavy atom. The Morgan fingerprint density at radius 3 is 2.39 bits per heavy atom. The lowest BCUT2D eigenvalue weighted by molar-refractivity contribution is -0.318. The Labute approximate surface area is 183 Å². The lowest BCUT2D eigenvalue weighted by Crippen LogP contribution is -2.49. The molecule has 8 heteroatoms. The van der Waals surface area contributed by atoms with E-state index in [0.717, 1.165) is 16.7 Å². The molecule has 1 aliphatic rings. The third-order valence-electron chi connectivity index (χ3n) is 4.77. The van der Waals surface area contributed by atoms with E-state index in [1.54, 1.807) is 36.7 Å². The highest BCUT2D eigenvalue weighted by atomic mass is 35.5. The first-order valence-corrected chi connectivity index (χ1v) is 9.92. The molecule has 0 unspecified atom stereocenters. The Bertz CT molecular complexity index is 1070. The molecule has 1 aromatic heterocycles. The molecule has 3 aromatic rings. The average Bonchev–Trinajstić information content (AvgIpc) is 3.09. The van der Waals surface area contributed by atoms with E-state index in [-0.39, 0.29) is 17.2 Å². The fourth-order valence-corrected chi connectivity index (χ4v) is 3.40. The van der Waals surface area contributed by atoms with Crippen LogP contribution in [-0.2, 0) is 25.5 Å². The molecule has 7 nitrogen and oxygen atoms in total. The highest BCUT2D eigenvalue weighted by Gasteiger charge is 2.57. The van der Waals surface area contributed by atoms with Crippen LogP contribution >= 0.6 is 11.6 Å². The molecular formula is C23H18ClNO6. The number of benzene rings is 2. The summed E-state index contributed by atoms with van der Waals surface area (Å²) in [6.45, 7) is 0. The number of hydrogen-bond donors (Lipinski definition) is 1. The van der Waals surface area contributed by atoms with Gasteiger partial charge in [0, 0.05) is 12.4 Å². The number of aromatic nitrogens is 1. The van der Waals surface area contributed by atoms with E-state index in [9.17, 15) is 14.7 Å². The van der Waals surface area contributed by atoms with E-state index in [2.05, 4.69) is 4.98 Å². The zero-order valence-corrected chi connectivity index (χ0v) is 17.0. The van der Waals surface area contributed by atoms with Crippen LogP contribution in [0.5, 0.6) is 5.75 Å². The SMILES string of the molecule is O=C1OC(Oc2ccc(-c3ccccc3)cc2Cl)([C@H](O)CCc2cccnc2)OC1=O. The molecule has 0 radical (unpaired) electrons. The molecule has 0 bridgehead atoms. The lowest BCUT2D eigenvalue weighted by atomic mass is 10.1. The van der Waals surface area contributed by atoms with Crippen molar-refractivity contribution in [2.75, 3.05) is 0 Å². The van der Waals surface area contributed by atoms with E-state index in [1.165, 1.54) is 0 Å². The van der Waals surface area contributed by atoms with Crippen molar-refractivity contribution in [2.24, 2.45) is 0 Å². The Balaban J connectivity index is 1.57. The van der Waals surface area contributed by atoms with Crippen molar-refractivity contribution in [3.63, 3.8) is 0 Å². The molecule has 1 atom stereocenters. The zero-order valence-electron chi connectivity index (χ0n) is 16.2. The fraction of sp³-hybridized carbons (Fsp3) is 0.174. The summed E-state index contributed by atoms with van der Waals surface area (Å²) in [6.07, 6.45) is 2.27. The van der Waals surface area contributed by atoms with Crippen molar-refractivity contribution in [3.8, 4) is 16.9 Å². The average molecular weight is 440 g/mol. The molecular weight excluding hydrogens is 422 g/mol. The van der Waals surface area contributed by atoms with E-state index in [4.69, 9.17) is 25.8 Å². The van der Waals surface area contributed by atoms with E-state index >= 15 is 0 Å². The Hall–Kier alpha value is -3.42. The molecule has 2 heterocycles. The lowest BCUT2D eigenvalue weighted by Gasteiger charge is -2.30. The van der Waals surface area contributed by atoms with Crippen molar-refractivity contribution in [2.45, 2.75) is 24.9 Å². The number of aliphatic hydroxyl groups is 1. The van der Waals surface area contributed by atoms with Crippen molar-refractivity contribution in [1.29, 1.82) is 0 Å². The van der Waals surface area contributed by atoms with Gasteiger partial charge in [-0.3, -0.25) is 4.98 Å². The molecule has 31 heavy (non-hydrogen) atoms. The summed E-state index contributed by atoms with van der Waals surface area (Å²) in [7, 11) is 0. The summed E-state index contributed by atoms with van der Waals surface area (Å²) < 4.78 is 15.7. The maximum atomic E-state index is 11.8. The van der Waals surface area contributed by atoms with Gasteiger partial charge in [-0.15, -0.1) is 0 Å². The summed E-state index contributed by atoms with van der Waals surface area (Å²) in [6, 6.07) is 18.1. The van der Waals surface area contributed by atoms with Gasteiger partial charge in [0.1, 0.15) is 5.75 Å². The third kappa shape index (κ3) is 4.52. The molecule has 0 aliphatic carbocycles. The van der Waals surface area contributed by atoms with Gasteiger partial charge < -0.3 is 19.3 Å². The minimum atomic E-state index is -2.33. The van der Waals surface area contributed by atoms with Gasteiger partial charge in [0.25, 0.3) is 0 Å². The van der Waals surface area contributed by atoms with Crippen LogP contribution in [0.2, 0.25) is 5.02 Å². The molecule has 158 valence electrons. The first-order chi connectivity index (χ1) is 15.0. The number of aryl methyl sites for hydroxylation is 1. The van der Waals surface area contributed by atoms with Gasteiger partial charge in [-0.1, -0.05) is 54.1 Å². The number of halogens is 1. The summed E-state index contributed by atoms with van der Waals surface area (Å²) in [4.78, 5) is 27.5. The number of cyclic esters (lactones) is 2. The highest BCUT2D eigenvalue weighted by molar-refractivity contribution is 6.32. The zero-order chi connectivity index (χ0) is 21.8. The Morgan fingerprint density at radius 1 is 1.00 bits per heavy atom. The normalized spacial score (nSPS) is 15.8. The summed E-state index contributed by atoms with van der Waals surface area (Å²) >= 11 is 6.37. The first kappa shape index (κ1) is 20.8. The second-order valence-corrected chi connectivity index (χ2v) is 7.32. The predicted octanol–water partition coefficient (Wildman–Crippen LogP) is 3.53. The molecule has 4 rings (SSSR count). The number of carbonyl (C=O) groups is 2. The molecule has 2 aromatic carbocycles. The molecule has 0 spiro atoms. The monoisotopic (exact) mass is 439 g/mol. The van der Waals surface area contributed by atoms with Gasteiger partial charge in [-0.2, -0.15) is 0 Å². The topological polar surface area (TPSA) is 95.0 Å². The Kier molecular flexibility index (Phi) is 5.88. The number of esters is 2. The van der Waals surface area contributed by atoms with Gasteiger partial charge in [-0.05, 0) is 47.7 Å². The largest absolute Gasteiger partial charge is 0.450 e. The number of hydrogen-bond acceptors (Lipinski definition) is 7. The van der Waals surface area contributed by atoms with Gasteiger partial charge in [0.2, 0.25) is 0 Å². The number of aliphatic hydroxyl groups excluding tert-OH is 1.